The van der Waals surface area contributed by atoms with Crippen molar-refractivity contribution in [1.82, 2.24) is 0 Å². The van der Waals surface area contributed by atoms with Crippen LogP contribution in [-0.2, 0) is 4.79 Å². The van der Waals surface area contributed by atoms with Crippen molar-refractivity contribution in [2.75, 3.05) is 0 Å². The molecule has 0 N–H and O–H groups in total. The minimum absolute atomic E-state index is 0.344. The van der Waals surface area contributed by atoms with Gasteiger partial charge in [0.1, 0.15) is 0 Å². The second-order valence-corrected chi connectivity index (χ2v) is 2.46. The molecule has 1 amide bonds. The second-order valence-electron chi connectivity index (χ2n) is 2.46. The molecule has 0 aliphatic heterocycles. The molecule has 0 atom stereocenters. The summed E-state index contributed by atoms with van der Waals surface area (Å²) in [6.07, 6.45) is -0.388. The van der Waals surface area contributed by atoms with E-state index in [4.69, 9.17) is 5.53 Å². The maximum atomic E-state index is 11.2. The SMILES string of the molecule is [N-]=NC(=O)CC(=O)c1ccccc1. The molecule has 4 nitrogen and oxygen atoms in total. The van der Waals surface area contributed by atoms with Crippen LogP contribution in [0.4, 0.5) is 0 Å². The monoisotopic (exact) mass is 175 g/mol. The molecule has 0 fully saturated rings. The van der Waals surface area contributed by atoms with Crippen LogP contribution < -0.4 is 0 Å². The minimum Gasteiger partial charge on any atom is -0.704 e. The molecule has 0 aliphatic carbocycles. The molecule has 13 heavy (non-hydrogen) atoms. The summed E-state index contributed by atoms with van der Waals surface area (Å²) < 4.78 is 0. The van der Waals surface area contributed by atoms with Gasteiger partial charge in [-0.3, -0.25) is 9.59 Å². The third-order valence-electron chi connectivity index (χ3n) is 1.52. The summed E-state index contributed by atoms with van der Waals surface area (Å²) in [5, 5.41) is 2.39. The molecular formula is C9H7N2O2-. The Morgan fingerprint density at radius 3 is 2.38 bits per heavy atom. The van der Waals surface area contributed by atoms with Crippen molar-refractivity contribution in [3.63, 3.8) is 0 Å². The van der Waals surface area contributed by atoms with E-state index in [9.17, 15) is 9.59 Å². The van der Waals surface area contributed by atoms with Gasteiger partial charge in [-0.2, -0.15) is 0 Å². The van der Waals surface area contributed by atoms with E-state index in [0.29, 0.717) is 5.56 Å². The highest BCUT2D eigenvalue weighted by molar-refractivity contribution is 6.07. The third-order valence-corrected chi connectivity index (χ3v) is 1.52. The summed E-state index contributed by atoms with van der Waals surface area (Å²) in [7, 11) is 0. The van der Waals surface area contributed by atoms with Gasteiger partial charge in [0.2, 0.25) is 5.91 Å². The van der Waals surface area contributed by atoms with Crippen LogP contribution >= 0.6 is 0 Å². The summed E-state index contributed by atoms with van der Waals surface area (Å²) in [6, 6.07) is 8.39. The van der Waals surface area contributed by atoms with Crippen LogP contribution in [0.3, 0.4) is 0 Å². The van der Waals surface area contributed by atoms with Crippen LogP contribution in [0.5, 0.6) is 0 Å². The lowest BCUT2D eigenvalue weighted by atomic mass is 10.1. The molecule has 0 aromatic heterocycles. The summed E-state index contributed by atoms with van der Waals surface area (Å²) in [5.41, 5.74) is 8.50. The fourth-order valence-electron chi connectivity index (χ4n) is 0.899. The van der Waals surface area contributed by atoms with Crippen LogP contribution in [-0.4, -0.2) is 11.7 Å². The average molecular weight is 175 g/mol. The van der Waals surface area contributed by atoms with Gasteiger partial charge in [0.05, 0.1) is 6.42 Å². The Kier molecular flexibility index (Phi) is 3.03. The lowest BCUT2D eigenvalue weighted by Crippen LogP contribution is -2.04. The quantitative estimate of drug-likeness (QED) is 0.399. The Bertz CT molecular complexity index is 333. The van der Waals surface area contributed by atoms with Crippen LogP contribution in [0.15, 0.2) is 35.4 Å². The highest BCUT2D eigenvalue weighted by Gasteiger charge is 2.07. The fraction of sp³-hybridized carbons (Fsp3) is 0.111. The fourth-order valence-corrected chi connectivity index (χ4v) is 0.899. The predicted molar refractivity (Wildman–Crippen MR) is 46.2 cm³/mol. The van der Waals surface area contributed by atoms with E-state index in [1.54, 1.807) is 30.3 Å². The number of Topliss-reactive ketones (excluding diaryl/α,β-unsaturated/α-hetero) is 1. The smallest absolute Gasteiger partial charge is 0.233 e. The highest BCUT2D eigenvalue weighted by Crippen LogP contribution is 2.03. The first-order valence-electron chi connectivity index (χ1n) is 3.70. The Morgan fingerprint density at radius 2 is 1.85 bits per heavy atom. The molecule has 4 heteroatoms. The normalized spacial score (nSPS) is 9.23. The van der Waals surface area contributed by atoms with Gasteiger partial charge in [0, 0.05) is 5.56 Å². The van der Waals surface area contributed by atoms with Crippen LogP contribution in [0.1, 0.15) is 16.8 Å². The highest BCUT2D eigenvalue weighted by atomic mass is 16.2. The number of carbonyl (C=O) groups is 2. The first-order chi connectivity index (χ1) is 6.24. The number of hydrogen-bond donors (Lipinski definition) is 0. The van der Waals surface area contributed by atoms with Gasteiger partial charge in [-0.05, 0) is 0 Å². The first-order valence-corrected chi connectivity index (χ1v) is 3.70. The van der Waals surface area contributed by atoms with Crippen molar-refractivity contribution in [3.05, 3.63) is 41.4 Å². The summed E-state index contributed by atoms with van der Waals surface area (Å²) in [4.78, 5) is 21.8. The van der Waals surface area contributed by atoms with Crippen LogP contribution in [0, 0.1) is 0 Å². The Labute approximate surface area is 75.1 Å². The largest absolute Gasteiger partial charge is 0.704 e. The first kappa shape index (κ1) is 9.25. The molecule has 0 bridgehead atoms. The van der Waals surface area contributed by atoms with Gasteiger partial charge in [0.15, 0.2) is 5.78 Å². The summed E-state index contributed by atoms with van der Waals surface area (Å²) >= 11 is 0. The molecule has 0 aliphatic rings. The standard InChI is InChI=1S/C9H7N2O2/c10-11-9(13)6-8(12)7-4-2-1-3-5-7/h1-5H,6H2/q-1. The van der Waals surface area contributed by atoms with Crippen LogP contribution in [0.25, 0.3) is 5.53 Å². The van der Waals surface area contributed by atoms with Crippen molar-refractivity contribution < 1.29 is 9.59 Å². The Hall–Kier alpha value is -1.84. The number of benzene rings is 1. The predicted octanol–water partition coefficient (Wildman–Crippen LogP) is 1.81. The molecule has 0 unspecified atom stereocenters. The Morgan fingerprint density at radius 1 is 1.23 bits per heavy atom. The average Bonchev–Trinajstić information content (AvgIpc) is 2.19. The van der Waals surface area contributed by atoms with Gasteiger partial charge in [-0.25, -0.2) is 0 Å². The number of ketones is 1. The minimum atomic E-state index is -0.825. The molecule has 1 rings (SSSR count). The van der Waals surface area contributed by atoms with Gasteiger partial charge < -0.3 is 10.6 Å². The maximum absolute atomic E-state index is 11.2. The molecule has 0 spiro atoms. The zero-order valence-electron chi connectivity index (χ0n) is 6.80. The number of rotatable bonds is 3. The van der Waals surface area contributed by atoms with Crippen molar-refractivity contribution in [2.24, 2.45) is 5.11 Å². The lowest BCUT2D eigenvalue weighted by Gasteiger charge is -1.97. The zero-order valence-corrected chi connectivity index (χ0v) is 6.80. The van der Waals surface area contributed by atoms with Gasteiger partial charge in [-0.1, -0.05) is 30.3 Å². The molecule has 0 saturated carbocycles. The van der Waals surface area contributed by atoms with E-state index in [0.717, 1.165) is 0 Å². The van der Waals surface area contributed by atoms with E-state index in [2.05, 4.69) is 5.11 Å². The summed E-state index contributed by atoms with van der Waals surface area (Å²) in [5.74, 6) is -1.17. The van der Waals surface area contributed by atoms with E-state index in [1.807, 2.05) is 0 Å². The number of carbonyl (C=O) groups excluding carboxylic acids is 2. The molecule has 1 aromatic rings. The van der Waals surface area contributed by atoms with Gasteiger partial charge in [-0.15, -0.1) is 0 Å². The number of amides is 1. The molecule has 1 aromatic carbocycles. The van der Waals surface area contributed by atoms with E-state index in [1.165, 1.54) is 0 Å². The lowest BCUT2D eigenvalue weighted by molar-refractivity contribution is -0.117. The van der Waals surface area contributed by atoms with E-state index >= 15 is 0 Å². The maximum Gasteiger partial charge on any atom is 0.233 e. The third kappa shape index (κ3) is 2.59. The molecular weight excluding hydrogens is 168 g/mol. The molecule has 66 valence electrons. The molecule has 0 radical (unpaired) electrons. The Balaban J connectivity index is 2.70. The van der Waals surface area contributed by atoms with Gasteiger partial charge >= 0.3 is 0 Å². The van der Waals surface area contributed by atoms with Gasteiger partial charge in [0.25, 0.3) is 0 Å². The van der Waals surface area contributed by atoms with Crippen molar-refractivity contribution in [1.29, 1.82) is 0 Å². The molecule has 0 saturated heterocycles. The summed E-state index contributed by atoms with van der Waals surface area (Å²) in [6.45, 7) is 0. The zero-order chi connectivity index (χ0) is 9.68. The number of nitrogens with zero attached hydrogens (tertiary/aromatic N) is 2. The molecule has 0 heterocycles. The second kappa shape index (κ2) is 4.25. The van der Waals surface area contributed by atoms with Crippen LogP contribution in [0.2, 0.25) is 0 Å². The van der Waals surface area contributed by atoms with E-state index < -0.39 is 5.91 Å². The van der Waals surface area contributed by atoms with Crippen molar-refractivity contribution in [3.8, 4) is 0 Å². The van der Waals surface area contributed by atoms with Crippen molar-refractivity contribution >= 4 is 11.7 Å². The number of hydrogen-bond acceptors (Lipinski definition) is 2. The topological polar surface area (TPSA) is 68.8 Å². The van der Waals surface area contributed by atoms with E-state index in [-0.39, 0.29) is 12.2 Å². The van der Waals surface area contributed by atoms with Crippen molar-refractivity contribution in [2.45, 2.75) is 6.42 Å².